The summed E-state index contributed by atoms with van der Waals surface area (Å²) in [5.74, 6) is -1.12. The third kappa shape index (κ3) is 4.03. The first-order chi connectivity index (χ1) is 8.45. The molecule has 0 fully saturated rings. The van der Waals surface area contributed by atoms with Crippen molar-refractivity contribution in [1.29, 1.82) is 0 Å². The molecule has 0 spiro atoms. The Labute approximate surface area is 107 Å². The van der Waals surface area contributed by atoms with Crippen LogP contribution in [-0.4, -0.2) is 23.9 Å². The molecule has 102 valence electrons. The Hall–Kier alpha value is -1.00. The summed E-state index contributed by atoms with van der Waals surface area (Å²) in [4.78, 5) is 0. The van der Waals surface area contributed by atoms with Crippen molar-refractivity contribution < 1.29 is 18.6 Å². The number of benzene rings is 1. The minimum absolute atomic E-state index is 0.120. The van der Waals surface area contributed by atoms with Crippen molar-refractivity contribution in [1.82, 2.24) is 0 Å². The summed E-state index contributed by atoms with van der Waals surface area (Å²) >= 11 is 0. The molecule has 1 N–H and O–H groups in total. The molecule has 1 aromatic carbocycles. The molecular weight excluding hydrogens is 238 g/mol. The zero-order valence-electron chi connectivity index (χ0n) is 11.0. The Morgan fingerprint density at radius 1 is 1.28 bits per heavy atom. The zero-order valence-corrected chi connectivity index (χ0v) is 11.0. The Bertz CT molecular complexity index is 380. The van der Waals surface area contributed by atoms with E-state index < -0.39 is 17.7 Å². The fourth-order valence-corrected chi connectivity index (χ4v) is 1.97. The number of hydrogen-bond acceptors (Lipinski definition) is 2. The van der Waals surface area contributed by atoms with Crippen molar-refractivity contribution in [2.75, 3.05) is 6.61 Å². The van der Waals surface area contributed by atoms with E-state index in [1.165, 1.54) is 12.1 Å². The lowest BCUT2D eigenvalue weighted by Crippen LogP contribution is -2.35. The molecular formula is C14H20F2O2. The monoisotopic (exact) mass is 258 g/mol. The first-order valence-electron chi connectivity index (χ1n) is 6.19. The molecule has 0 amide bonds. The maximum absolute atomic E-state index is 13.5. The van der Waals surface area contributed by atoms with Gasteiger partial charge in [-0.15, -0.1) is 0 Å². The molecule has 2 nitrogen and oxygen atoms in total. The lowest BCUT2D eigenvalue weighted by molar-refractivity contribution is -0.0564. The van der Waals surface area contributed by atoms with Gasteiger partial charge in [-0.3, -0.25) is 0 Å². The number of hydrogen-bond donors (Lipinski definition) is 1. The summed E-state index contributed by atoms with van der Waals surface area (Å²) in [6, 6.07) is 3.38. The summed E-state index contributed by atoms with van der Waals surface area (Å²) < 4.78 is 31.7. The van der Waals surface area contributed by atoms with Gasteiger partial charge in [0.15, 0.2) is 0 Å². The first kappa shape index (κ1) is 15.1. The summed E-state index contributed by atoms with van der Waals surface area (Å²) in [5.41, 5.74) is 0.300. The topological polar surface area (TPSA) is 29.5 Å². The van der Waals surface area contributed by atoms with Crippen LogP contribution >= 0.6 is 0 Å². The normalized spacial score (nSPS) is 14.8. The van der Waals surface area contributed by atoms with Gasteiger partial charge in [-0.25, -0.2) is 8.78 Å². The van der Waals surface area contributed by atoms with Crippen LogP contribution in [0.5, 0.6) is 0 Å². The highest BCUT2D eigenvalue weighted by atomic mass is 19.1. The summed E-state index contributed by atoms with van der Waals surface area (Å²) in [6.07, 6.45) is -1.03. The minimum atomic E-state index is -0.801. The summed E-state index contributed by atoms with van der Waals surface area (Å²) in [5, 5.41) is 10.1. The van der Waals surface area contributed by atoms with E-state index in [-0.39, 0.29) is 18.4 Å². The zero-order chi connectivity index (χ0) is 13.7. The molecule has 0 radical (unpaired) electrons. The van der Waals surface area contributed by atoms with E-state index in [1.807, 2.05) is 20.8 Å². The third-order valence-electron chi connectivity index (χ3n) is 2.84. The van der Waals surface area contributed by atoms with E-state index in [0.717, 1.165) is 6.07 Å². The van der Waals surface area contributed by atoms with Crippen molar-refractivity contribution in [2.45, 2.75) is 39.4 Å². The van der Waals surface area contributed by atoms with E-state index >= 15 is 0 Å². The van der Waals surface area contributed by atoms with Gasteiger partial charge in [-0.1, -0.05) is 19.9 Å². The first-order valence-corrected chi connectivity index (χ1v) is 6.19. The van der Waals surface area contributed by atoms with Crippen LogP contribution in [0.3, 0.4) is 0 Å². The van der Waals surface area contributed by atoms with Gasteiger partial charge < -0.3 is 9.84 Å². The number of halogens is 2. The van der Waals surface area contributed by atoms with Crippen LogP contribution in [0.4, 0.5) is 8.78 Å². The van der Waals surface area contributed by atoms with Crippen LogP contribution < -0.4 is 0 Å². The molecule has 0 heterocycles. The molecule has 0 aliphatic heterocycles. The van der Waals surface area contributed by atoms with Gasteiger partial charge in [0.1, 0.15) is 11.6 Å². The molecule has 0 bridgehead atoms. The molecule has 0 saturated heterocycles. The van der Waals surface area contributed by atoms with Crippen molar-refractivity contribution >= 4 is 0 Å². The second-order valence-corrected chi connectivity index (χ2v) is 4.67. The van der Waals surface area contributed by atoms with Gasteiger partial charge in [-0.2, -0.15) is 0 Å². The highest BCUT2D eigenvalue weighted by Gasteiger charge is 2.24. The van der Waals surface area contributed by atoms with Gasteiger partial charge >= 0.3 is 0 Å². The Balaban J connectivity index is 2.75. The maximum atomic E-state index is 13.5. The van der Waals surface area contributed by atoms with E-state index in [4.69, 9.17) is 4.74 Å². The lowest BCUT2D eigenvalue weighted by atomic mass is 9.96. The van der Waals surface area contributed by atoms with Crippen LogP contribution in [0.2, 0.25) is 0 Å². The average Bonchev–Trinajstić information content (AvgIpc) is 2.29. The van der Waals surface area contributed by atoms with Gasteiger partial charge in [0.2, 0.25) is 0 Å². The number of rotatable bonds is 6. The van der Waals surface area contributed by atoms with E-state index in [1.54, 1.807) is 0 Å². The summed E-state index contributed by atoms with van der Waals surface area (Å²) in [6.45, 7) is 6.21. The van der Waals surface area contributed by atoms with E-state index in [9.17, 15) is 13.9 Å². The van der Waals surface area contributed by atoms with E-state index in [2.05, 4.69) is 0 Å². The molecule has 0 aromatic heterocycles. The molecule has 2 atom stereocenters. The highest BCUT2D eigenvalue weighted by molar-refractivity contribution is 5.19. The van der Waals surface area contributed by atoms with Crippen molar-refractivity contribution in [3.63, 3.8) is 0 Å². The molecule has 2 unspecified atom stereocenters. The fourth-order valence-electron chi connectivity index (χ4n) is 1.97. The smallest absolute Gasteiger partial charge is 0.129 e. The van der Waals surface area contributed by atoms with Crippen LogP contribution in [0.15, 0.2) is 18.2 Å². The predicted octanol–water partition coefficient (Wildman–Crippen LogP) is 2.93. The molecule has 4 heteroatoms. The second-order valence-electron chi connectivity index (χ2n) is 4.67. The molecule has 0 aliphatic carbocycles. The Morgan fingerprint density at radius 3 is 2.44 bits per heavy atom. The van der Waals surface area contributed by atoms with Gasteiger partial charge in [0.25, 0.3) is 0 Å². The SMILES string of the molecule is CCOC(C(C)C)C(O)Cc1ccc(F)cc1F. The van der Waals surface area contributed by atoms with E-state index in [0.29, 0.717) is 12.2 Å². The van der Waals surface area contributed by atoms with Crippen LogP contribution in [0.1, 0.15) is 26.3 Å². The van der Waals surface area contributed by atoms with Crippen LogP contribution in [0.25, 0.3) is 0 Å². The maximum Gasteiger partial charge on any atom is 0.129 e. The molecule has 1 aromatic rings. The molecule has 18 heavy (non-hydrogen) atoms. The fraction of sp³-hybridized carbons (Fsp3) is 0.571. The molecule has 0 aliphatic rings. The number of ether oxygens (including phenoxy) is 1. The number of aliphatic hydroxyl groups is 1. The molecule has 1 rings (SSSR count). The van der Waals surface area contributed by atoms with Crippen LogP contribution in [-0.2, 0) is 11.2 Å². The largest absolute Gasteiger partial charge is 0.390 e. The second kappa shape index (κ2) is 6.81. The Morgan fingerprint density at radius 2 is 1.94 bits per heavy atom. The van der Waals surface area contributed by atoms with Gasteiger partial charge in [0.05, 0.1) is 12.2 Å². The minimum Gasteiger partial charge on any atom is -0.390 e. The standard InChI is InChI=1S/C14H20F2O2/c1-4-18-14(9(2)3)13(17)7-10-5-6-11(15)8-12(10)16/h5-6,8-9,13-14,17H,4,7H2,1-3H3. The van der Waals surface area contributed by atoms with Crippen molar-refractivity contribution in [3.05, 3.63) is 35.4 Å². The average molecular weight is 258 g/mol. The number of aliphatic hydroxyl groups excluding tert-OH is 1. The van der Waals surface area contributed by atoms with Gasteiger partial charge in [0, 0.05) is 19.1 Å². The third-order valence-corrected chi connectivity index (χ3v) is 2.84. The van der Waals surface area contributed by atoms with Crippen molar-refractivity contribution in [3.8, 4) is 0 Å². The summed E-state index contributed by atoms with van der Waals surface area (Å²) in [7, 11) is 0. The van der Waals surface area contributed by atoms with Crippen molar-refractivity contribution in [2.24, 2.45) is 5.92 Å². The van der Waals surface area contributed by atoms with Crippen LogP contribution in [0, 0.1) is 17.6 Å². The Kier molecular flexibility index (Phi) is 5.69. The lowest BCUT2D eigenvalue weighted by Gasteiger charge is -2.26. The van der Waals surface area contributed by atoms with Gasteiger partial charge in [-0.05, 0) is 24.5 Å². The molecule has 0 saturated carbocycles. The highest BCUT2D eigenvalue weighted by Crippen LogP contribution is 2.18. The quantitative estimate of drug-likeness (QED) is 0.850. The predicted molar refractivity (Wildman–Crippen MR) is 66.3 cm³/mol.